The lowest BCUT2D eigenvalue weighted by Gasteiger charge is -2.27. The lowest BCUT2D eigenvalue weighted by Crippen LogP contribution is -2.40. The number of aromatic amines is 4. The molecule has 4 aromatic heterocycles. The zero-order valence-corrected chi connectivity index (χ0v) is 25.2. The van der Waals surface area contributed by atoms with E-state index >= 15 is 0 Å². The molecule has 0 aliphatic carbocycles. The van der Waals surface area contributed by atoms with Gasteiger partial charge >= 0.3 is 0 Å². The molecule has 8 rings (SSSR count). The zero-order valence-electron chi connectivity index (χ0n) is 25.2. The fourth-order valence-corrected chi connectivity index (χ4v) is 6.19. The highest BCUT2D eigenvalue weighted by molar-refractivity contribution is 5.76. The summed E-state index contributed by atoms with van der Waals surface area (Å²) in [7, 11) is 0. The van der Waals surface area contributed by atoms with Crippen LogP contribution in [0.2, 0.25) is 0 Å². The molecule has 0 bridgehead atoms. The van der Waals surface area contributed by atoms with Crippen molar-refractivity contribution in [2.75, 3.05) is 13.1 Å². The van der Waals surface area contributed by atoms with E-state index in [2.05, 4.69) is 29.7 Å². The van der Waals surface area contributed by atoms with E-state index in [9.17, 15) is 5.11 Å². The largest absolute Gasteiger partial charge is 0.390 e. The number of nitrogens with zero attached hydrogens (tertiary/aromatic N) is 6. The van der Waals surface area contributed by atoms with E-state index in [-0.39, 0.29) is 0 Å². The van der Waals surface area contributed by atoms with E-state index in [0.717, 1.165) is 67.4 Å². The van der Waals surface area contributed by atoms with Crippen LogP contribution in [0.15, 0.2) is 97.1 Å². The lowest BCUT2D eigenvalue weighted by molar-refractivity contribution is 0.0602. The number of aliphatic hydroxyl groups is 1. The molecule has 4 aromatic carbocycles. The van der Waals surface area contributed by atoms with Gasteiger partial charge in [0.2, 0.25) is 0 Å². The van der Waals surface area contributed by atoms with Crippen LogP contribution in [0.4, 0.5) is 0 Å². The summed E-state index contributed by atoms with van der Waals surface area (Å²) >= 11 is 0. The smallest absolute Gasteiger partial charge is 0.121 e. The second-order valence-electron chi connectivity index (χ2n) is 11.8. The van der Waals surface area contributed by atoms with Crippen molar-refractivity contribution in [1.82, 2.24) is 49.7 Å². The van der Waals surface area contributed by atoms with Crippen molar-refractivity contribution < 1.29 is 5.11 Å². The normalized spacial score (nSPS) is 12.3. The van der Waals surface area contributed by atoms with Crippen molar-refractivity contribution in [3.63, 3.8) is 0 Å². The maximum atomic E-state index is 11.7. The number of H-pyrrole nitrogens is 4. The summed E-state index contributed by atoms with van der Waals surface area (Å²) in [5, 5.41) is 11.7. The van der Waals surface area contributed by atoms with Gasteiger partial charge in [-0.05, 0) is 48.5 Å². The lowest BCUT2D eigenvalue weighted by atomic mass is 10.2. The van der Waals surface area contributed by atoms with Crippen LogP contribution in [0, 0.1) is 0 Å². The minimum absolute atomic E-state index is 0.408. The second kappa shape index (κ2) is 12.2. The Labute approximate surface area is 264 Å². The van der Waals surface area contributed by atoms with Gasteiger partial charge in [-0.3, -0.25) is 9.80 Å². The highest BCUT2D eigenvalue weighted by Crippen LogP contribution is 2.18. The van der Waals surface area contributed by atoms with Crippen molar-refractivity contribution in [2.45, 2.75) is 32.3 Å². The molecule has 0 radical (unpaired) electrons. The van der Waals surface area contributed by atoms with Crippen molar-refractivity contribution >= 4 is 44.1 Å². The third-order valence-corrected chi connectivity index (χ3v) is 8.19. The highest BCUT2D eigenvalue weighted by Gasteiger charge is 2.21. The van der Waals surface area contributed by atoms with Crippen LogP contribution in [0.5, 0.6) is 0 Å². The van der Waals surface area contributed by atoms with Gasteiger partial charge in [0, 0.05) is 13.1 Å². The quantitative estimate of drug-likeness (QED) is 0.127. The van der Waals surface area contributed by atoms with Crippen LogP contribution in [-0.2, 0) is 26.2 Å². The first-order valence-electron chi connectivity index (χ1n) is 15.5. The highest BCUT2D eigenvalue weighted by atomic mass is 16.3. The molecule has 0 amide bonds. The van der Waals surface area contributed by atoms with E-state index in [1.165, 1.54) is 0 Å². The summed E-state index contributed by atoms with van der Waals surface area (Å²) in [5.41, 5.74) is 7.65. The maximum absolute atomic E-state index is 11.7. The number of nitrogens with one attached hydrogen (secondary N) is 4. The minimum Gasteiger partial charge on any atom is -0.390 e. The van der Waals surface area contributed by atoms with Gasteiger partial charge in [0.05, 0.1) is 76.4 Å². The van der Waals surface area contributed by atoms with Gasteiger partial charge in [-0.25, -0.2) is 19.9 Å². The molecule has 8 aromatic rings. The van der Waals surface area contributed by atoms with Gasteiger partial charge < -0.3 is 25.0 Å². The number of rotatable bonds is 12. The number of hydrogen-bond acceptors (Lipinski definition) is 7. The van der Waals surface area contributed by atoms with E-state index < -0.39 is 6.10 Å². The predicted octanol–water partition coefficient (Wildman–Crippen LogP) is 5.26. The van der Waals surface area contributed by atoms with Crippen LogP contribution in [0.1, 0.15) is 23.3 Å². The summed E-state index contributed by atoms with van der Waals surface area (Å²) < 4.78 is 0. The van der Waals surface area contributed by atoms with Gasteiger partial charge in [-0.15, -0.1) is 0 Å². The van der Waals surface area contributed by atoms with Crippen molar-refractivity contribution in [3.05, 3.63) is 120 Å². The molecule has 0 spiro atoms. The summed E-state index contributed by atoms with van der Waals surface area (Å²) in [6.07, 6.45) is -0.678. The summed E-state index contributed by atoms with van der Waals surface area (Å²) in [4.78, 5) is 37.4. The first kappa shape index (κ1) is 28.1. The fraction of sp³-hybridized carbons (Fsp3) is 0.200. The Balaban J connectivity index is 1.05. The van der Waals surface area contributed by atoms with Crippen LogP contribution in [-0.4, -0.2) is 74.0 Å². The topological polar surface area (TPSA) is 141 Å². The number of aromatic nitrogens is 8. The van der Waals surface area contributed by atoms with Gasteiger partial charge in [-0.2, -0.15) is 0 Å². The molecular formula is C35H34N10O. The number of hydrogen-bond donors (Lipinski definition) is 5. The first-order valence-corrected chi connectivity index (χ1v) is 15.5. The van der Waals surface area contributed by atoms with Gasteiger partial charge in [0.1, 0.15) is 23.3 Å². The molecule has 4 heterocycles. The van der Waals surface area contributed by atoms with Crippen molar-refractivity contribution in [3.8, 4) is 0 Å². The second-order valence-corrected chi connectivity index (χ2v) is 11.8. The van der Waals surface area contributed by atoms with Crippen molar-refractivity contribution in [2.24, 2.45) is 0 Å². The van der Waals surface area contributed by atoms with Crippen LogP contribution in [0.25, 0.3) is 44.1 Å². The van der Waals surface area contributed by atoms with E-state index in [1.807, 2.05) is 97.1 Å². The molecule has 46 heavy (non-hydrogen) atoms. The summed E-state index contributed by atoms with van der Waals surface area (Å²) in [6, 6.07) is 32.1. The SMILES string of the molecule is OC(CN(Cc1nc2ccccc2[nH]1)Cc1nc2ccccc2[nH]1)CN(Cc1nc2ccccc2[nH]1)Cc1nc2ccccc2[nH]1. The van der Waals surface area contributed by atoms with Crippen LogP contribution >= 0.6 is 0 Å². The molecular weight excluding hydrogens is 576 g/mol. The average molecular weight is 611 g/mol. The fourth-order valence-electron chi connectivity index (χ4n) is 6.19. The first-order chi connectivity index (χ1) is 22.6. The van der Waals surface area contributed by atoms with E-state index in [0.29, 0.717) is 39.3 Å². The molecule has 11 heteroatoms. The molecule has 11 nitrogen and oxygen atoms in total. The molecule has 230 valence electrons. The molecule has 0 aliphatic heterocycles. The Hall–Kier alpha value is -5.36. The Kier molecular flexibility index (Phi) is 7.46. The molecule has 0 saturated carbocycles. The Morgan fingerprint density at radius 1 is 0.435 bits per heavy atom. The molecule has 0 unspecified atom stereocenters. The standard InChI is InChI=1S/C35H34N10O/c46-23(17-44(19-32-36-24-9-1-2-10-25(24)37-32)20-33-38-26-11-3-4-12-27(26)39-33)18-45(21-34-40-28-13-5-6-14-29(28)41-34)22-35-42-30-15-7-8-16-31(30)43-35/h1-16,23,46H,17-22H2,(H,36,37)(H,38,39)(H,40,41)(H,42,43). The Morgan fingerprint density at radius 2 is 0.696 bits per heavy atom. The molecule has 0 fully saturated rings. The molecule has 0 saturated heterocycles. The van der Waals surface area contributed by atoms with Gasteiger partial charge in [-0.1, -0.05) is 48.5 Å². The number of benzene rings is 4. The molecule has 5 N–H and O–H groups in total. The minimum atomic E-state index is -0.678. The number of fused-ring (bicyclic) bond motifs is 4. The average Bonchev–Trinajstić information content (AvgIpc) is 3.83. The van der Waals surface area contributed by atoms with E-state index in [4.69, 9.17) is 19.9 Å². The Bertz CT molecular complexity index is 1800. The molecule has 0 atom stereocenters. The molecule has 0 aliphatic rings. The predicted molar refractivity (Wildman–Crippen MR) is 179 cm³/mol. The van der Waals surface area contributed by atoms with Gasteiger partial charge in [0.25, 0.3) is 0 Å². The number of aliphatic hydroxyl groups excluding tert-OH is 1. The zero-order chi connectivity index (χ0) is 30.9. The van der Waals surface area contributed by atoms with Crippen molar-refractivity contribution in [1.29, 1.82) is 0 Å². The van der Waals surface area contributed by atoms with Gasteiger partial charge in [0.15, 0.2) is 0 Å². The van der Waals surface area contributed by atoms with Crippen LogP contribution < -0.4 is 0 Å². The maximum Gasteiger partial charge on any atom is 0.121 e. The third-order valence-electron chi connectivity index (χ3n) is 8.19. The monoisotopic (exact) mass is 610 g/mol. The Morgan fingerprint density at radius 3 is 0.957 bits per heavy atom. The summed E-state index contributed by atoms with van der Waals surface area (Å²) in [5.74, 6) is 3.36. The van der Waals surface area contributed by atoms with E-state index in [1.54, 1.807) is 0 Å². The number of para-hydroxylation sites is 8. The third kappa shape index (κ3) is 6.11. The van der Waals surface area contributed by atoms with Crippen LogP contribution in [0.3, 0.4) is 0 Å². The summed E-state index contributed by atoms with van der Waals surface area (Å²) in [6.45, 7) is 2.91. The number of imidazole rings is 4.